The number of likely N-dealkylation sites (N-methyl/N-ethyl adjacent to an activating group) is 1. The summed E-state index contributed by atoms with van der Waals surface area (Å²) in [4.78, 5) is 2.77. The molecule has 2 heteroatoms. The molecular weight excluding hydrogens is 220 g/mol. The zero-order valence-corrected chi connectivity index (χ0v) is 13.1. The van der Waals surface area contributed by atoms with Crippen molar-refractivity contribution in [2.75, 3.05) is 20.1 Å². The fourth-order valence-electron chi connectivity index (χ4n) is 4.05. The summed E-state index contributed by atoms with van der Waals surface area (Å²) >= 11 is 0. The highest BCUT2D eigenvalue weighted by molar-refractivity contribution is 4.98. The monoisotopic (exact) mass is 252 g/mol. The molecular formula is C16H32N2. The smallest absolute Gasteiger partial charge is 0.0271 e. The van der Waals surface area contributed by atoms with E-state index in [9.17, 15) is 0 Å². The van der Waals surface area contributed by atoms with Crippen molar-refractivity contribution in [2.24, 2.45) is 10.8 Å². The van der Waals surface area contributed by atoms with Gasteiger partial charge in [0.1, 0.15) is 0 Å². The van der Waals surface area contributed by atoms with Crippen LogP contribution < -0.4 is 5.32 Å². The molecule has 1 saturated carbocycles. The Balaban J connectivity index is 2.03. The molecule has 18 heavy (non-hydrogen) atoms. The zero-order valence-electron chi connectivity index (χ0n) is 13.1. The molecule has 1 N–H and O–H groups in total. The molecule has 0 aromatic heterocycles. The van der Waals surface area contributed by atoms with Gasteiger partial charge in [-0.25, -0.2) is 0 Å². The van der Waals surface area contributed by atoms with Gasteiger partial charge in [0.15, 0.2) is 0 Å². The van der Waals surface area contributed by atoms with E-state index in [2.05, 4.69) is 45.0 Å². The van der Waals surface area contributed by atoms with Gasteiger partial charge in [0.2, 0.25) is 0 Å². The molecule has 0 aromatic rings. The van der Waals surface area contributed by atoms with Crippen molar-refractivity contribution in [3.8, 4) is 0 Å². The third-order valence-electron chi connectivity index (χ3n) is 5.48. The summed E-state index contributed by atoms with van der Waals surface area (Å²) in [6, 6.07) is 1.42. The van der Waals surface area contributed by atoms with Crippen LogP contribution in [0.2, 0.25) is 0 Å². The Kier molecular flexibility index (Phi) is 4.08. The summed E-state index contributed by atoms with van der Waals surface area (Å²) in [5.74, 6) is 0. The van der Waals surface area contributed by atoms with Gasteiger partial charge in [0.25, 0.3) is 0 Å². The predicted octanol–water partition coefficient (Wildman–Crippen LogP) is 3.28. The van der Waals surface area contributed by atoms with Gasteiger partial charge in [0, 0.05) is 12.1 Å². The number of hydrogen-bond donors (Lipinski definition) is 1. The molecule has 1 aliphatic heterocycles. The Hall–Kier alpha value is -0.0800. The summed E-state index contributed by atoms with van der Waals surface area (Å²) < 4.78 is 0. The maximum absolute atomic E-state index is 3.62. The first-order valence-electron chi connectivity index (χ1n) is 7.77. The molecule has 2 aliphatic rings. The van der Waals surface area contributed by atoms with Crippen molar-refractivity contribution in [1.82, 2.24) is 10.2 Å². The van der Waals surface area contributed by atoms with E-state index in [-0.39, 0.29) is 0 Å². The first-order chi connectivity index (χ1) is 8.36. The Morgan fingerprint density at radius 1 is 1.00 bits per heavy atom. The molecule has 106 valence electrons. The second-order valence-corrected chi connectivity index (χ2v) is 7.91. The number of rotatable bonds is 2. The lowest BCUT2D eigenvalue weighted by Gasteiger charge is -2.50. The molecule has 2 fully saturated rings. The quantitative estimate of drug-likeness (QED) is 0.811. The fourth-order valence-corrected chi connectivity index (χ4v) is 4.05. The van der Waals surface area contributed by atoms with E-state index in [1.54, 1.807) is 0 Å². The molecule has 0 bridgehead atoms. The number of nitrogens with one attached hydrogen (secondary N) is 1. The number of piperidine rings is 1. The van der Waals surface area contributed by atoms with E-state index >= 15 is 0 Å². The first kappa shape index (κ1) is 14.3. The Morgan fingerprint density at radius 2 is 1.61 bits per heavy atom. The normalized spacial score (nSPS) is 36.5. The van der Waals surface area contributed by atoms with Gasteiger partial charge in [0.05, 0.1) is 0 Å². The minimum absolute atomic E-state index is 0.449. The van der Waals surface area contributed by atoms with Gasteiger partial charge in [-0.15, -0.1) is 0 Å². The second kappa shape index (κ2) is 5.13. The van der Waals surface area contributed by atoms with Crippen LogP contribution in [0.15, 0.2) is 0 Å². The van der Waals surface area contributed by atoms with E-state index in [1.807, 2.05) is 0 Å². The molecule has 2 nitrogen and oxygen atoms in total. The van der Waals surface area contributed by atoms with Gasteiger partial charge in [-0.3, -0.25) is 4.90 Å². The van der Waals surface area contributed by atoms with E-state index in [1.165, 1.54) is 45.2 Å². The molecule has 1 heterocycles. The van der Waals surface area contributed by atoms with E-state index in [4.69, 9.17) is 0 Å². The molecule has 0 spiro atoms. The molecule has 0 radical (unpaired) electrons. The van der Waals surface area contributed by atoms with Crippen molar-refractivity contribution in [2.45, 2.75) is 71.9 Å². The fraction of sp³-hybridized carbons (Fsp3) is 1.00. The van der Waals surface area contributed by atoms with Crippen LogP contribution in [-0.2, 0) is 0 Å². The highest BCUT2D eigenvalue weighted by Gasteiger charge is 2.41. The van der Waals surface area contributed by atoms with Crippen molar-refractivity contribution >= 4 is 0 Å². The van der Waals surface area contributed by atoms with E-state index < -0.39 is 0 Å². The van der Waals surface area contributed by atoms with Crippen LogP contribution in [0.5, 0.6) is 0 Å². The highest BCUT2D eigenvalue weighted by Crippen LogP contribution is 2.40. The zero-order chi connectivity index (χ0) is 13.4. The van der Waals surface area contributed by atoms with Crippen LogP contribution in [0.4, 0.5) is 0 Å². The van der Waals surface area contributed by atoms with Crippen LogP contribution in [0, 0.1) is 10.8 Å². The molecule has 0 amide bonds. The third-order valence-corrected chi connectivity index (χ3v) is 5.48. The standard InChI is InChI=1S/C16H32N2/c1-15(2)9-11-18(12-10-15)13-7-6-8-16(3,4)14(13)17-5/h13-14,17H,6-12H2,1-5H3. The van der Waals surface area contributed by atoms with Crippen LogP contribution in [0.3, 0.4) is 0 Å². The molecule has 1 aliphatic carbocycles. The lowest BCUT2D eigenvalue weighted by molar-refractivity contribution is 0.0182. The Bertz CT molecular complexity index is 273. The van der Waals surface area contributed by atoms with Gasteiger partial charge in [-0.1, -0.05) is 34.1 Å². The van der Waals surface area contributed by atoms with Gasteiger partial charge in [-0.05, 0) is 56.7 Å². The summed E-state index contributed by atoms with van der Waals surface area (Å²) in [7, 11) is 2.15. The lowest BCUT2D eigenvalue weighted by Crippen LogP contribution is -2.59. The van der Waals surface area contributed by atoms with Crippen LogP contribution in [-0.4, -0.2) is 37.1 Å². The summed E-state index contributed by atoms with van der Waals surface area (Å²) in [5.41, 5.74) is 1.01. The van der Waals surface area contributed by atoms with Gasteiger partial charge < -0.3 is 5.32 Å². The Morgan fingerprint density at radius 3 is 2.17 bits per heavy atom. The highest BCUT2D eigenvalue weighted by atomic mass is 15.2. The maximum atomic E-state index is 3.62. The second-order valence-electron chi connectivity index (χ2n) is 7.91. The van der Waals surface area contributed by atoms with E-state index in [0.29, 0.717) is 16.9 Å². The minimum atomic E-state index is 0.449. The summed E-state index contributed by atoms with van der Waals surface area (Å²) in [6.45, 7) is 12.3. The van der Waals surface area contributed by atoms with Crippen molar-refractivity contribution < 1.29 is 0 Å². The maximum Gasteiger partial charge on any atom is 0.0271 e. The average molecular weight is 252 g/mol. The number of hydrogen-bond acceptors (Lipinski definition) is 2. The van der Waals surface area contributed by atoms with Crippen molar-refractivity contribution in [3.63, 3.8) is 0 Å². The molecule has 2 atom stereocenters. The number of likely N-dealkylation sites (tertiary alicyclic amines) is 1. The van der Waals surface area contributed by atoms with Crippen LogP contribution >= 0.6 is 0 Å². The van der Waals surface area contributed by atoms with Gasteiger partial charge >= 0.3 is 0 Å². The largest absolute Gasteiger partial charge is 0.315 e. The van der Waals surface area contributed by atoms with E-state index in [0.717, 1.165) is 6.04 Å². The average Bonchev–Trinajstić information content (AvgIpc) is 2.27. The third kappa shape index (κ3) is 2.91. The van der Waals surface area contributed by atoms with Gasteiger partial charge in [-0.2, -0.15) is 0 Å². The Labute approximate surface area is 114 Å². The van der Waals surface area contributed by atoms with Crippen LogP contribution in [0.25, 0.3) is 0 Å². The molecule has 2 rings (SSSR count). The lowest BCUT2D eigenvalue weighted by atomic mass is 9.69. The van der Waals surface area contributed by atoms with Crippen molar-refractivity contribution in [3.05, 3.63) is 0 Å². The van der Waals surface area contributed by atoms with Crippen molar-refractivity contribution in [1.29, 1.82) is 0 Å². The summed E-state index contributed by atoms with van der Waals surface area (Å²) in [5, 5.41) is 3.62. The SMILES string of the molecule is CNC1C(N2CCC(C)(C)CC2)CCCC1(C)C. The molecule has 2 unspecified atom stereocenters. The molecule has 0 aromatic carbocycles. The predicted molar refractivity (Wildman–Crippen MR) is 78.9 cm³/mol. The minimum Gasteiger partial charge on any atom is -0.315 e. The summed E-state index contributed by atoms with van der Waals surface area (Å²) in [6.07, 6.45) is 6.88. The molecule has 1 saturated heterocycles. The topological polar surface area (TPSA) is 15.3 Å². The number of nitrogens with zero attached hydrogens (tertiary/aromatic N) is 1. The first-order valence-corrected chi connectivity index (χ1v) is 7.77. The van der Waals surface area contributed by atoms with Crippen LogP contribution in [0.1, 0.15) is 59.8 Å².